The molecular formula is C20H19N3O6. The number of amides is 3. The van der Waals surface area contributed by atoms with Crippen molar-refractivity contribution >= 4 is 29.1 Å². The van der Waals surface area contributed by atoms with Crippen LogP contribution in [0.4, 0.5) is 11.4 Å². The van der Waals surface area contributed by atoms with Gasteiger partial charge in [0.15, 0.2) is 0 Å². The molecule has 0 saturated heterocycles. The number of non-ortho nitro benzene ring substituents is 1. The van der Waals surface area contributed by atoms with Crippen molar-refractivity contribution in [2.75, 3.05) is 12.4 Å². The Kier molecular flexibility index (Phi) is 5.31. The summed E-state index contributed by atoms with van der Waals surface area (Å²) in [5.74, 6) is -1.93. The first-order chi connectivity index (χ1) is 13.8. The number of rotatable bonds is 6. The number of nitrogens with one attached hydrogen (secondary N) is 1. The number of nitro benzene ring substituents is 1. The molecule has 3 rings (SSSR count). The predicted molar refractivity (Wildman–Crippen MR) is 104 cm³/mol. The van der Waals surface area contributed by atoms with E-state index in [0.717, 1.165) is 11.0 Å². The van der Waals surface area contributed by atoms with E-state index >= 15 is 0 Å². The van der Waals surface area contributed by atoms with Gasteiger partial charge in [-0.3, -0.25) is 29.4 Å². The summed E-state index contributed by atoms with van der Waals surface area (Å²) in [7, 11) is 1.36. The molecule has 1 aliphatic rings. The molecule has 2 aromatic carbocycles. The van der Waals surface area contributed by atoms with Crippen LogP contribution in [-0.2, 0) is 4.79 Å². The summed E-state index contributed by atoms with van der Waals surface area (Å²) in [5, 5.41) is 13.6. The molecule has 0 saturated carbocycles. The molecular weight excluding hydrogens is 378 g/mol. The maximum absolute atomic E-state index is 13.0. The zero-order valence-corrected chi connectivity index (χ0v) is 16.0. The van der Waals surface area contributed by atoms with E-state index < -0.39 is 34.6 Å². The highest BCUT2D eigenvalue weighted by atomic mass is 16.6. The SMILES string of the molecule is COc1ccc([N+](=O)[O-])cc1NC(=O)[C@@H](C(C)C)N1C(=O)c2ccccc2C1=O. The number of fused-ring (bicyclic) bond motifs is 1. The molecule has 29 heavy (non-hydrogen) atoms. The molecule has 150 valence electrons. The molecule has 2 aromatic rings. The lowest BCUT2D eigenvalue weighted by molar-refractivity contribution is -0.384. The van der Waals surface area contributed by atoms with Gasteiger partial charge < -0.3 is 10.1 Å². The van der Waals surface area contributed by atoms with Crippen LogP contribution in [-0.4, -0.2) is 40.7 Å². The van der Waals surface area contributed by atoms with Crippen molar-refractivity contribution in [2.24, 2.45) is 5.92 Å². The van der Waals surface area contributed by atoms with Crippen molar-refractivity contribution < 1.29 is 24.0 Å². The maximum atomic E-state index is 13.0. The minimum atomic E-state index is -1.11. The topological polar surface area (TPSA) is 119 Å². The van der Waals surface area contributed by atoms with Crippen LogP contribution in [0, 0.1) is 16.0 Å². The van der Waals surface area contributed by atoms with E-state index in [1.165, 1.54) is 31.4 Å². The molecule has 0 radical (unpaired) electrons. The Morgan fingerprint density at radius 2 is 1.69 bits per heavy atom. The van der Waals surface area contributed by atoms with Crippen molar-refractivity contribution in [2.45, 2.75) is 19.9 Å². The number of nitrogens with zero attached hydrogens (tertiary/aromatic N) is 2. The van der Waals surface area contributed by atoms with Gasteiger partial charge >= 0.3 is 0 Å². The average Bonchev–Trinajstić information content (AvgIpc) is 2.93. The van der Waals surface area contributed by atoms with Crippen LogP contribution in [0.1, 0.15) is 34.6 Å². The van der Waals surface area contributed by atoms with Crippen molar-refractivity contribution in [1.82, 2.24) is 4.90 Å². The second-order valence-electron chi connectivity index (χ2n) is 6.85. The minimum absolute atomic E-state index is 0.0777. The Bertz CT molecular complexity index is 982. The fraction of sp³-hybridized carbons (Fsp3) is 0.250. The Balaban J connectivity index is 1.95. The van der Waals surface area contributed by atoms with E-state index in [1.807, 2.05) is 0 Å². The molecule has 0 bridgehead atoms. The van der Waals surface area contributed by atoms with Crippen LogP contribution in [0.5, 0.6) is 5.75 Å². The number of hydrogen-bond acceptors (Lipinski definition) is 6. The highest BCUT2D eigenvalue weighted by molar-refractivity contribution is 6.23. The van der Waals surface area contributed by atoms with E-state index in [9.17, 15) is 24.5 Å². The molecule has 1 atom stereocenters. The summed E-state index contributed by atoms with van der Waals surface area (Å²) in [5.41, 5.74) is 0.324. The molecule has 1 aliphatic heterocycles. The third-order valence-electron chi connectivity index (χ3n) is 4.66. The lowest BCUT2D eigenvalue weighted by atomic mass is 10.0. The molecule has 9 nitrogen and oxygen atoms in total. The van der Waals surface area contributed by atoms with Gasteiger partial charge in [-0.15, -0.1) is 0 Å². The highest BCUT2D eigenvalue weighted by Crippen LogP contribution is 2.31. The van der Waals surface area contributed by atoms with Crippen molar-refractivity contribution in [3.8, 4) is 5.75 Å². The van der Waals surface area contributed by atoms with Crippen LogP contribution >= 0.6 is 0 Å². The van der Waals surface area contributed by atoms with Crippen LogP contribution in [0.2, 0.25) is 0 Å². The van der Waals surface area contributed by atoms with Crippen molar-refractivity contribution in [1.29, 1.82) is 0 Å². The number of carbonyl (C=O) groups excluding carboxylic acids is 3. The van der Waals surface area contributed by atoms with E-state index in [-0.39, 0.29) is 28.3 Å². The molecule has 0 aliphatic carbocycles. The molecule has 9 heteroatoms. The largest absolute Gasteiger partial charge is 0.495 e. The molecule has 1 heterocycles. The fourth-order valence-electron chi connectivity index (χ4n) is 3.29. The van der Waals surface area contributed by atoms with E-state index in [4.69, 9.17) is 4.74 Å². The monoisotopic (exact) mass is 397 g/mol. The lowest BCUT2D eigenvalue weighted by Gasteiger charge is -2.28. The van der Waals surface area contributed by atoms with Crippen molar-refractivity contribution in [3.05, 3.63) is 63.7 Å². The third-order valence-corrected chi connectivity index (χ3v) is 4.66. The quantitative estimate of drug-likeness (QED) is 0.455. The summed E-state index contributed by atoms with van der Waals surface area (Å²) in [6, 6.07) is 9.03. The van der Waals surface area contributed by atoms with Crippen LogP contribution in [0.3, 0.4) is 0 Å². The average molecular weight is 397 g/mol. The molecule has 0 unspecified atom stereocenters. The number of benzene rings is 2. The minimum Gasteiger partial charge on any atom is -0.495 e. The summed E-state index contributed by atoms with van der Waals surface area (Å²) in [4.78, 5) is 50.0. The first-order valence-corrected chi connectivity index (χ1v) is 8.86. The number of carbonyl (C=O) groups is 3. The fourth-order valence-corrected chi connectivity index (χ4v) is 3.29. The molecule has 3 amide bonds. The van der Waals surface area contributed by atoms with Crippen molar-refractivity contribution in [3.63, 3.8) is 0 Å². The first-order valence-electron chi connectivity index (χ1n) is 8.86. The van der Waals surface area contributed by atoms with Crippen LogP contribution < -0.4 is 10.1 Å². The zero-order chi connectivity index (χ0) is 21.3. The first kappa shape index (κ1) is 20.0. The number of imide groups is 1. The summed E-state index contributed by atoms with van der Waals surface area (Å²) < 4.78 is 5.15. The Labute approximate surface area is 166 Å². The van der Waals surface area contributed by atoms with Gasteiger partial charge in [0.2, 0.25) is 5.91 Å². The number of methoxy groups -OCH3 is 1. The molecule has 0 aromatic heterocycles. The normalized spacial score (nSPS) is 14.0. The standard InChI is InChI=1S/C20H19N3O6/c1-11(2)17(22-19(25)13-6-4-5-7-14(13)20(22)26)18(24)21-15-10-12(23(27)28)8-9-16(15)29-3/h4-11,17H,1-3H3,(H,21,24)/t17-/m1/s1. The van der Waals surface area contributed by atoms with Gasteiger partial charge in [-0.2, -0.15) is 0 Å². The second-order valence-corrected chi connectivity index (χ2v) is 6.85. The molecule has 0 fully saturated rings. The number of ether oxygens (including phenoxy) is 1. The maximum Gasteiger partial charge on any atom is 0.271 e. The molecule has 1 N–H and O–H groups in total. The Hall–Kier alpha value is -3.75. The Morgan fingerprint density at radius 1 is 1.10 bits per heavy atom. The summed E-state index contributed by atoms with van der Waals surface area (Å²) >= 11 is 0. The van der Waals surface area contributed by atoms with Gasteiger partial charge in [-0.25, -0.2) is 0 Å². The van der Waals surface area contributed by atoms with Gasteiger partial charge in [-0.1, -0.05) is 26.0 Å². The third kappa shape index (κ3) is 3.54. The van der Waals surface area contributed by atoms with E-state index in [0.29, 0.717) is 0 Å². The molecule has 0 spiro atoms. The van der Waals surface area contributed by atoms with Gasteiger partial charge in [0.05, 0.1) is 28.8 Å². The Morgan fingerprint density at radius 3 is 2.17 bits per heavy atom. The van der Waals surface area contributed by atoms with Gasteiger partial charge in [0, 0.05) is 12.1 Å². The number of hydrogen-bond donors (Lipinski definition) is 1. The summed E-state index contributed by atoms with van der Waals surface area (Å²) in [6.45, 7) is 3.41. The van der Waals surface area contributed by atoms with Crippen LogP contribution in [0.25, 0.3) is 0 Å². The van der Waals surface area contributed by atoms with Gasteiger partial charge in [0.1, 0.15) is 11.8 Å². The number of nitro groups is 1. The smallest absolute Gasteiger partial charge is 0.271 e. The number of anilines is 1. The van der Waals surface area contributed by atoms with E-state index in [2.05, 4.69) is 5.32 Å². The second kappa shape index (κ2) is 7.70. The zero-order valence-electron chi connectivity index (χ0n) is 16.0. The van der Waals surface area contributed by atoms with Gasteiger partial charge in [0.25, 0.3) is 17.5 Å². The summed E-state index contributed by atoms with van der Waals surface area (Å²) in [6.07, 6.45) is 0. The predicted octanol–water partition coefficient (Wildman–Crippen LogP) is 2.86. The van der Waals surface area contributed by atoms with Gasteiger partial charge in [-0.05, 0) is 24.1 Å². The highest BCUT2D eigenvalue weighted by Gasteiger charge is 2.44. The van der Waals surface area contributed by atoms with Crippen LogP contribution in [0.15, 0.2) is 42.5 Å². The van der Waals surface area contributed by atoms with E-state index in [1.54, 1.807) is 26.0 Å². The lowest BCUT2D eigenvalue weighted by Crippen LogP contribution is -2.50.